The van der Waals surface area contributed by atoms with E-state index in [4.69, 9.17) is 16.3 Å². The summed E-state index contributed by atoms with van der Waals surface area (Å²) in [6, 6.07) is 9.34. The van der Waals surface area contributed by atoms with Crippen molar-refractivity contribution in [1.29, 1.82) is 0 Å². The topological polar surface area (TPSA) is 38.3 Å². The third-order valence-corrected chi connectivity index (χ3v) is 3.39. The standard InChI is InChI=1S/C14H10BrClFNO2/c1-20-12-7-8(15)5-6-9(12)14(19)18-11-4-2-3-10(16)13(11)17/h2-7H,1H3,(H,18,19). The third kappa shape index (κ3) is 3.11. The summed E-state index contributed by atoms with van der Waals surface area (Å²) in [6.45, 7) is 0. The van der Waals surface area contributed by atoms with E-state index in [2.05, 4.69) is 21.2 Å². The Balaban J connectivity index is 2.31. The minimum atomic E-state index is -0.668. The summed E-state index contributed by atoms with van der Waals surface area (Å²) in [6.07, 6.45) is 0. The number of anilines is 1. The Bertz CT molecular complexity index is 664. The lowest BCUT2D eigenvalue weighted by molar-refractivity contribution is 0.102. The summed E-state index contributed by atoms with van der Waals surface area (Å²) in [5.41, 5.74) is 0.322. The quantitative estimate of drug-likeness (QED) is 0.877. The van der Waals surface area contributed by atoms with E-state index in [1.54, 1.807) is 24.3 Å². The molecule has 104 valence electrons. The Morgan fingerprint density at radius 3 is 2.80 bits per heavy atom. The number of carbonyl (C=O) groups excluding carboxylic acids is 1. The van der Waals surface area contributed by atoms with Gasteiger partial charge >= 0.3 is 0 Å². The van der Waals surface area contributed by atoms with E-state index < -0.39 is 11.7 Å². The SMILES string of the molecule is COc1cc(Br)ccc1C(=O)Nc1cccc(Cl)c1F. The highest BCUT2D eigenvalue weighted by molar-refractivity contribution is 9.10. The second-order valence-electron chi connectivity index (χ2n) is 3.90. The minimum Gasteiger partial charge on any atom is -0.496 e. The Kier molecular flexibility index (Phi) is 4.62. The molecule has 2 aromatic carbocycles. The number of hydrogen-bond donors (Lipinski definition) is 1. The van der Waals surface area contributed by atoms with Gasteiger partial charge in [0.25, 0.3) is 5.91 Å². The molecule has 0 aliphatic carbocycles. The molecule has 1 amide bonds. The van der Waals surface area contributed by atoms with Crippen LogP contribution in [0.15, 0.2) is 40.9 Å². The molecule has 6 heteroatoms. The second-order valence-corrected chi connectivity index (χ2v) is 5.22. The van der Waals surface area contributed by atoms with Crippen LogP contribution in [0.1, 0.15) is 10.4 Å². The second kappa shape index (κ2) is 6.24. The summed E-state index contributed by atoms with van der Waals surface area (Å²) in [5, 5.41) is 2.42. The number of ether oxygens (including phenoxy) is 1. The van der Waals surface area contributed by atoms with Crippen LogP contribution < -0.4 is 10.1 Å². The maximum Gasteiger partial charge on any atom is 0.259 e. The number of methoxy groups -OCH3 is 1. The molecule has 1 N–H and O–H groups in total. The van der Waals surface area contributed by atoms with Crippen molar-refractivity contribution in [2.75, 3.05) is 12.4 Å². The van der Waals surface area contributed by atoms with Crippen LogP contribution in [0.25, 0.3) is 0 Å². The van der Waals surface area contributed by atoms with E-state index in [1.807, 2.05) is 0 Å². The van der Waals surface area contributed by atoms with Crippen LogP contribution in [-0.4, -0.2) is 13.0 Å². The van der Waals surface area contributed by atoms with Crippen molar-refractivity contribution in [3.8, 4) is 5.75 Å². The van der Waals surface area contributed by atoms with Crippen LogP contribution in [0.5, 0.6) is 5.75 Å². The van der Waals surface area contributed by atoms with Crippen molar-refractivity contribution in [3.05, 3.63) is 57.3 Å². The number of amides is 1. The largest absolute Gasteiger partial charge is 0.496 e. The first-order chi connectivity index (χ1) is 9.52. The van der Waals surface area contributed by atoms with Gasteiger partial charge in [-0.05, 0) is 30.3 Å². The zero-order valence-corrected chi connectivity index (χ0v) is 12.8. The number of nitrogens with one attached hydrogen (secondary N) is 1. The maximum absolute atomic E-state index is 13.7. The van der Waals surface area contributed by atoms with E-state index in [1.165, 1.54) is 19.2 Å². The van der Waals surface area contributed by atoms with Gasteiger partial charge in [-0.3, -0.25) is 4.79 Å². The number of hydrogen-bond acceptors (Lipinski definition) is 2. The highest BCUT2D eigenvalue weighted by Crippen LogP contribution is 2.26. The average Bonchev–Trinajstić information content (AvgIpc) is 2.43. The first-order valence-electron chi connectivity index (χ1n) is 5.62. The Labute approximate surface area is 128 Å². The molecular weight excluding hydrogens is 349 g/mol. The number of halogens is 3. The minimum absolute atomic E-state index is 0.0208. The van der Waals surface area contributed by atoms with Gasteiger partial charge in [0.2, 0.25) is 0 Å². The molecule has 0 fully saturated rings. The summed E-state index contributed by atoms with van der Waals surface area (Å²) in [7, 11) is 1.46. The molecule has 20 heavy (non-hydrogen) atoms. The Morgan fingerprint density at radius 2 is 2.10 bits per heavy atom. The van der Waals surface area contributed by atoms with Gasteiger partial charge in [-0.1, -0.05) is 33.6 Å². The molecular formula is C14H10BrClFNO2. The fourth-order valence-electron chi connectivity index (χ4n) is 1.64. The van der Waals surface area contributed by atoms with Gasteiger partial charge < -0.3 is 10.1 Å². The van der Waals surface area contributed by atoms with Gasteiger partial charge in [-0.2, -0.15) is 0 Å². The fourth-order valence-corrected chi connectivity index (χ4v) is 2.16. The molecule has 0 saturated heterocycles. The monoisotopic (exact) mass is 357 g/mol. The maximum atomic E-state index is 13.7. The van der Waals surface area contributed by atoms with Crippen molar-refractivity contribution in [2.24, 2.45) is 0 Å². The van der Waals surface area contributed by atoms with E-state index in [9.17, 15) is 9.18 Å². The van der Waals surface area contributed by atoms with Gasteiger partial charge in [0.05, 0.1) is 23.4 Å². The predicted molar refractivity (Wildman–Crippen MR) is 80.1 cm³/mol. The van der Waals surface area contributed by atoms with Crippen LogP contribution in [0.4, 0.5) is 10.1 Å². The number of benzene rings is 2. The molecule has 0 radical (unpaired) electrons. The molecule has 0 spiro atoms. The van der Waals surface area contributed by atoms with Crippen LogP contribution in [-0.2, 0) is 0 Å². The van der Waals surface area contributed by atoms with Gasteiger partial charge in [-0.15, -0.1) is 0 Å². The molecule has 0 aliphatic rings. The normalized spacial score (nSPS) is 10.2. The molecule has 0 aromatic heterocycles. The van der Waals surface area contributed by atoms with E-state index >= 15 is 0 Å². The molecule has 3 nitrogen and oxygen atoms in total. The van der Waals surface area contributed by atoms with Gasteiger partial charge in [0, 0.05) is 4.47 Å². The highest BCUT2D eigenvalue weighted by Gasteiger charge is 2.15. The fraction of sp³-hybridized carbons (Fsp3) is 0.0714. The van der Waals surface area contributed by atoms with Crippen molar-refractivity contribution in [3.63, 3.8) is 0 Å². The molecule has 0 bridgehead atoms. The lowest BCUT2D eigenvalue weighted by Crippen LogP contribution is -2.14. The van der Waals surface area contributed by atoms with E-state index in [-0.39, 0.29) is 10.7 Å². The van der Waals surface area contributed by atoms with Gasteiger partial charge in [-0.25, -0.2) is 4.39 Å². The summed E-state index contributed by atoms with van der Waals surface area (Å²) in [4.78, 5) is 12.2. The Hall–Kier alpha value is -1.59. The van der Waals surface area contributed by atoms with Crippen molar-refractivity contribution in [1.82, 2.24) is 0 Å². The summed E-state index contributed by atoms with van der Waals surface area (Å²) in [5.74, 6) is -0.756. The smallest absolute Gasteiger partial charge is 0.259 e. The zero-order chi connectivity index (χ0) is 14.7. The van der Waals surface area contributed by atoms with Crippen molar-refractivity contribution < 1.29 is 13.9 Å². The molecule has 0 heterocycles. The zero-order valence-electron chi connectivity index (χ0n) is 10.4. The molecule has 2 aromatic rings. The van der Waals surface area contributed by atoms with Crippen molar-refractivity contribution in [2.45, 2.75) is 0 Å². The molecule has 0 aliphatic heterocycles. The predicted octanol–water partition coefficient (Wildman–Crippen LogP) is 4.50. The summed E-state index contributed by atoms with van der Waals surface area (Å²) < 4.78 is 19.6. The van der Waals surface area contributed by atoms with Crippen LogP contribution >= 0.6 is 27.5 Å². The van der Waals surface area contributed by atoms with Crippen LogP contribution in [0.2, 0.25) is 5.02 Å². The molecule has 0 saturated carbocycles. The molecule has 0 unspecified atom stereocenters. The average molecular weight is 359 g/mol. The van der Waals surface area contributed by atoms with Gasteiger partial charge in [0.15, 0.2) is 5.82 Å². The van der Waals surface area contributed by atoms with E-state index in [0.717, 1.165) is 4.47 Å². The van der Waals surface area contributed by atoms with Crippen molar-refractivity contribution >= 4 is 39.1 Å². The lowest BCUT2D eigenvalue weighted by Gasteiger charge is -2.10. The van der Waals surface area contributed by atoms with E-state index in [0.29, 0.717) is 11.3 Å². The Morgan fingerprint density at radius 1 is 1.35 bits per heavy atom. The molecule has 0 atom stereocenters. The number of rotatable bonds is 3. The lowest BCUT2D eigenvalue weighted by atomic mass is 10.2. The third-order valence-electron chi connectivity index (χ3n) is 2.61. The highest BCUT2D eigenvalue weighted by atomic mass is 79.9. The number of carbonyl (C=O) groups is 1. The molecule has 2 rings (SSSR count). The van der Waals surface area contributed by atoms with Crippen LogP contribution in [0.3, 0.4) is 0 Å². The first-order valence-corrected chi connectivity index (χ1v) is 6.79. The summed E-state index contributed by atoms with van der Waals surface area (Å²) >= 11 is 8.95. The van der Waals surface area contributed by atoms with Gasteiger partial charge in [0.1, 0.15) is 5.75 Å². The first kappa shape index (κ1) is 14.8. The van der Waals surface area contributed by atoms with Crippen LogP contribution in [0, 0.1) is 5.82 Å².